The molecule has 22 heavy (non-hydrogen) atoms. The molecular weight excluding hydrogens is 360 g/mol. The molecule has 0 aliphatic rings. The van der Waals surface area contributed by atoms with E-state index in [9.17, 15) is 4.79 Å². The molecule has 0 radical (unpaired) electrons. The van der Waals surface area contributed by atoms with E-state index in [-0.39, 0.29) is 5.91 Å². The van der Waals surface area contributed by atoms with Gasteiger partial charge in [0.05, 0.1) is 11.2 Å². The third kappa shape index (κ3) is 3.10. The smallest absolute Gasteiger partial charge is 0.268 e. The summed E-state index contributed by atoms with van der Waals surface area (Å²) >= 11 is 4.77. The highest BCUT2D eigenvalue weighted by molar-refractivity contribution is 9.10. The molecule has 0 atom stereocenters. The van der Waals surface area contributed by atoms with Gasteiger partial charge in [0, 0.05) is 15.7 Å². The largest absolute Gasteiger partial charge is 0.321 e. The fourth-order valence-corrected chi connectivity index (χ4v) is 3.33. The number of halogens is 1. The van der Waals surface area contributed by atoms with Gasteiger partial charge in [-0.1, -0.05) is 46.3 Å². The molecule has 5 heteroatoms. The first-order chi connectivity index (χ1) is 10.6. The highest BCUT2D eigenvalue weighted by Crippen LogP contribution is 2.27. The van der Waals surface area contributed by atoms with Gasteiger partial charge in [-0.25, -0.2) is 4.98 Å². The number of amides is 1. The van der Waals surface area contributed by atoms with E-state index in [4.69, 9.17) is 0 Å². The van der Waals surface area contributed by atoms with Gasteiger partial charge in [0.25, 0.3) is 5.91 Å². The highest BCUT2D eigenvalue weighted by Gasteiger charge is 2.16. The summed E-state index contributed by atoms with van der Waals surface area (Å²) in [7, 11) is 0. The fourth-order valence-electron chi connectivity index (χ4n) is 2.16. The molecule has 3 rings (SSSR count). The summed E-state index contributed by atoms with van der Waals surface area (Å²) in [6, 6.07) is 15.5. The standard InChI is InChI=1S/C17H13BrN2OS/c1-11-9-13(18)7-8-14(11)20-17(21)16-15(19-10-22-16)12-5-3-2-4-6-12/h2-10H,1H3,(H,20,21). The Hall–Kier alpha value is -1.98. The summed E-state index contributed by atoms with van der Waals surface area (Å²) < 4.78 is 0.991. The number of anilines is 1. The molecule has 0 bridgehead atoms. The van der Waals surface area contributed by atoms with Gasteiger partial charge >= 0.3 is 0 Å². The number of nitrogens with zero attached hydrogens (tertiary/aromatic N) is 1. The number of nitrogens with one attached hydrogen (secondary N) is 1. The van der Waals surface area contributed by atoms with Crippen LogP contribution in [0.15, 0.2) is 58.5 Å². The van der Waals surface area contributed by atoms with Crippen molar-refractivity contribution >= 4 is 38.9 Å². The monoisotopic (exact) mass is 372 g/mol. The minimum absolute atomic E-state index is 0.133. The quantitative estimate of drug-likeness (QED) is 0.691. The van der Waals surface area contributed by atoms with Gasteiger partial charge in [-0.3, -0.25) is 4.79 Å². The SMILES string of the molecule is Cc1cc(Br)ccc1NC(=O)c1scnc1-c1ccccc1. The number of carbonyl (C=O) groups is 1. The average molecular weight is 373 g/mol. The van der Waals surface area contributed by atoms with Crippen molar-refractivity contribution in [2.45, 2.75) is 6.92 Å². The Morgan fingerprint density at radius 2 is 1.95 bits per heavy atom. The molecule has 0 saturated heterocycles. The Labute approximate surface area is 141 Å². The van der Waals surface area contributed by atoms with Gasteiger partial charge in [0.1, 0.15) is 4.88 Å². The Balaban J connectivity index is 1.89. The fraction of sp³-hybridized carbons (Fsp3) is 0.0588. The lowest BCUT2D eigenvalue weighted by Crippen LogP contribution is -2.12. The molecule has 0 spiro atoms. The van der Waals surface area contributed by atoms with Crippen molar-refractivity contribution in [3.63, 3.8) is 0 Å². The summed E-state index contributed by atoms with van der Waals surface area (Å²) in [5.41, 5.74) is 5.18. The number of thiazole rings is 1. The van der Waals surface area contributed by atoms with E-state index in [0.717, 1.165) is 27.0 Å². The molecule has 3 nitrogen and oxygen atoms in total. The van der Waals surface area contributed by atoms with Crippen LogP contribution in [0.5, 0.6) is 0 Å². The zero-order valence-corrected chi connectivity index (χ0v) is 14.2. The van der Waals surface area contributed by atoms with Crippen LogP contribution in [0.4, 0.5) is 5.69 Å². The Bertz CT molecular complexity index is 815. The summed E-state index contributed by atoms with van der Waals surface area (Å²) in [5, 5.41) is 2.96. The average Bonchev–Trinajstić information content (AvgIpc) is 3.00. The van der Waals surface area contributed by atoms with Crippen LogP contribution in [0.25, 0.3) is 11.3 Å². The maximum atomic E-state index is 12.6. The molecule has 2 aromatic carbocycles. The Morgan fingerprint density at radius 3 is 2.68 bits per heavy atom. The van der Waals surface area contributed by atoms with Crippen molar-refractivity contribution in [2.24, 2.45) is 0 Å². The highest BCUT2D eigenvalue weighted by atomic mass is 79.9. The molecule has 0 unspecified atom stereocenters. The van der Waals surface area contributed by atoms with Crippen LogP contribution in [-0.2, 0) is 0 Å². The van der Waals surface area contributed by atoms with Crippen LogP contribution in [0.2, 0.25) is 0 Å². The van der Waals surface area contributed by atoms with Crippen LogP contribution >= 0.6 is 27.3 Å². The van der Waals surface area contributed by atoms with Crippen LogP contribution in [0, 0.1) is 6.92 Å². The molecule has 1 aromatic heterocycles. The first-order valence-electron chi connectivity index (χ1n) is 6.71. The molecule has 0 saturated carbocycles. The second kappa shape index (κ2) is 6.42. The van der Waals surface area contributed by atoms with E-state index in [2.05, 4.69) is 26.2 Å². The topological polar surface area (TPSA) is 42.0 Å². The lowest BCUT2D eigenvalue weighted by molar-refractivity contribution is 0.103. The van der Waals surface area contributed by atoms with Gasteiger partial charge in [-0.2, -0.15) is 0 Å². The summed E-state index contributed by atoms with van der Waals surface area (Å²) in [6.07, 6.45) is 0. The van der Waals surface area contributed by atoms with Crippen LogP contribution in [0.1, 0.15) is 15.2 Å². The number of hydrogen-bond donors (Lipinski definition) is 1. The molecule has 1 heterocycles. The second-order valence-electron chi connectivity index (χ2n) is 4.81. The summed E-state index contributed by atoms with van der Waals surface area (Å²) in [6.45, 7) is 1.96. The van der Waals surface area contributed by atoms with Crippen molar-refractivity contribution in [3.05, 3.63) is 69.0 Å². The van der Waals surface area contributed by atoms with E-state index in [1.54, 1.807) is 5.51 Å². The predicted molar refractivity (Wildman–Crippen MR) is 94.4 cm³/mol. The zero-order chi connectivity index (χ0) is 15.5. The van der Waals surface area contributed by atoms with Gasteiger partial charge in [-0.05, 0) is 30.7 Å². The minimum atomic E-state index is -0.133. The van der Waals surface area contributed by atoms with Gasteiger partial charge < -0.3 is 5.32 Å². The summed E-state index contributed by atoms with van der Waals surface area (Å²) in [4.78, 5) is 17.5. The van der Waals surface area contributed by atoms with Crippen molar-refractivity contribution in [1.82, 2.24) is 4.98 Å². The number of benzene rings is 2. The van der Waals surface area contributed by atoms with Crippen molar-refractivity contribution < 1.29 is 4.79 Å². The Kier molecular flexibility index (Phi) is 4.36. The molecule has 0 aliphatic carbocycles. The molecule has 3 aromatic rings. The number of aromatic nitrogens is 1. The third-order valence-corrected chi connectivity index (χ3v) is 4.58. The molecule has 1 amide bonds. The molecular formula is C17H13BrN2OS. The first-order valence-corrected chi connectivity index (χ1v) is 8.39. The number of carbonyl (C=O) groups excluding carboxylic acids is 1. The van der Waals surface area contributed by atoms with Crippen molar-refractivity contribution in [2.75, 3.05) is 5.32 Å². The lowest BCUT2D eigenvalue weighted by atomic mass is 10.1. The van der Waals surface area contributed by atoms with Crippen molar-refractivity contribution in [3.8, 4) is 11.3 Å². The third-order valence-electron chi connectivity index (χ3n) is 3.26. The lowest BCUT2D eigenvalue weighted by Gasteiger charge is -2.08. The van der Waals surface area contributed by atoms with E-state index >= 15 is 0 Å². The van der Waals surface area contributed by atoms with E-state index < -0.39 is 0 Å². The maximum Gasteiger partial charge on any atom is 0.268 e. The summed E-state index contributed by atoms with van der Waals surface area (Å²) in [5.74, 6) is -0.133. The molecule has 0 fully saturated rings. The number of hydrogen-bond acceptors (Lipinski definition) is 3. The molecule has 110 valence electrons. The predicted octanol–water partition coefficient (Wildman–Crippen LogP) is 5.13. The normalized spacial score (nSPS) is 10.5. The van der Waals surface area contributed by atoms with Crippen molar-refractivity contribution in [1.29, 1.82) is 0 Å². The van der Waals surface area contributed by atoms with Crippen LogP contribution in [0.3, 0.4) is 0 Å². The minimum Gasteiger partial charge on any atom is -0.321 e. The molecule has 1 N–H and O–H groups in total. The van der Waals surface area contributed by atoms with E-state index in [1.807, 2.05) is 55.5 Å². The second-order valence-corrected chi connectivity index (χ2v) is 6.58. The number of rotatable bonds is 3. The zero-order valence-electron chi connectivity index (χ0n) is 11.8. The van der Waals surface area contributed by atoms with Gasteiger partial charge in [0.2, 0.25) is 0 Å². The van der Waals surface area contributed by atoms with E-state index in [1.165, 1.54) is 11.3 Å². The Morgan fingerprint density at radius 1 is 1.18 bits per heavy atom. The molecule has 0 aliphatic heterocycles. The first kappa shape index (κ1) is 14.9. The van der Waals surface area contributed by atoms with Crippen LogP contribution < -0.4 is 5.32 Å². The number of aryl methyl sites for hydroxylation is 1. The van der Waals surface area contributed by atoms with Gasteiger partial charge in [0.15, 0.2) is 0 Å². The maximum absolute atomic E-state index is 12.6. The van der Waals surface area contributed by atoms with Crippen LogP contribution in [-0.4, -0.2) is 10.9 Å². The van der Waals surface area contributed by atoms with E-state index in [0.29, 0.717) is 4.88 Å². The van der Waals surface area contributed by atoms with Gasteiger partial charge in [-0.15, -0.1) is 11.3 Å².